The van der Waals surface area contributed by atoms with Gasteiger partial charge in [-0.25, -0.2) is 0 Å². The third-order valence-electron chi connectivity index (χ3n) is 3.84. The van der Waals surface area contributed by atoms with Crippen molar-refractivity contribution in [2.75, 3.05) is 7.11 Å². The number of carboxylic acid groups (broad SMARTS) is 1. The van der Waals surface area contributed by atoms with Gasteiger partial charge in [0.25, 0.3) is 0 Å². The van der Waals surface area contributed by atoms with Crippen LogP contribution in [0.1, 0.15) is 31.4 Å². The molecule has 2 rings (SSSR count). The lowest BCUT2D eigenvalue weighted by Gasteiger charge is -2.22. The molecule has 2 aromatic rings. The Morgan fingerprint density at radius 2 is 1.87 bits per heavy atom. The van der Waals surface area contributed by atoms with Crippen molar-refractivity contribution in [3.05, 3.63) is 48.0 Å². The summed E-state index contributed by atoms with van der Waals surface area (Å²) in [7, 11) is 1.47. The van der Waals surface area contributed by atoms with Crippen LogP contribution >= 0.6 is 0 Å². The average Bonchev–Trinajstić information content (AvgIpc) is 2.54. The summed E-state index contributed by atoms with van der Waals surface area (Å²) < 4.78 is 5.13. The maximum absolute atomic E-state index is 12.3. The summed E-state index contributed by atoms with van der Waals surface area (Å²) in [4.78, 5) is 23.5. The van der Waals surface area contributed by atoms with Gasteiger partial charge >= 0.3 is 5.97 Å². The monoisotopic (exact) mass is 315 g/mol. The molecule has 2 aromatic carbocycles. The minimum Gasteiger partial charge on any atom is -0.481 e. The SMILES string of the molecule is CCC(OC)C(=O)N[C@H](CC(=O)O)c1cccc2ccccc12. The predicted molar refractivity (Wildman–Crippen MR) is 88.2 cm³/mol. The van der Waals surface area contributed by atoms with Crippen LogP contribution in [-0.2, 0) is 14.3 Å². The van der Waals surface area contributed by atoms with E-state index in [2.05, 4.69) is 5.32 Å². The van der Waals surface area contributed by atoms with Gasteiger partial charge in [-0.15, -0.1) is 0 Å². The second kappa shape index (κ2) is 7.74. The van der Waals surface area contributed by atoms with Gasteiger partial charge in [0.15, 0.2) is 0 Å². The number of benzene rings is 2. The second-order valence-electron chi connectivity index (χ2n) is 5.36. The topological polar surface area (TPSA) is 75.6 Å². The van der Waals surface area contributed by atoms with Crippen LogP contribution in [0, 0.1) is 0 Å². The second-order valence-corrected chi connectivity index (χ2v) is 5.36. The summed E-state index contributed by atoms with van der Waals surface area (Å²) in [5.74, 6) is -1.26. The quantitative estimate of drug-likeness (QED) is 0.824. The first-order valence-corrected chi connectivity index (χ1v) is 7.59. The zero-order valence-electron chi connectivity index (χ0n) is 13.3. The Morgan fingerprint density at radius 3 is 2.52 bits per heavy atom. The van der Waals surface area contributed by atoms with Crippen molar-refractivity contribution in [1.82, 2.24) is 5.32 Å². The predicted octanol–water partition coefficient (Wildman–Crippen LogP) is 2.90. The van der Waals surface area contributed by atoms with Crippen molar-refractivity contribution in [2.24, 2.45) is 0 Å². The number of hydrogen-bond donors (Lipinski definition) is 2. The van der Waals surface area contributed by atoms with E-state index < -0.39 is 18.1 Å². The Bertz CT molecular complexity index is 689. The van der Waals surface area contributed by atoms with E-state index in [1.807, 2.05) is 49.4 Å². The molecule has 0 radical (unpaired) electrons. The van der Waals surface area contributed by atoms with Gasteiger partial charge in [0, 0.05) is 7.11 Å². The lowest BCUT2D eigenvalue weighted by Crippen LogP contribution is -2.38. The summed E-state index contributed by atoms with van der Waals surface area (Å²) >= 11 is 0. The van der Waals surface area contributed by atoms with Gasteiger partial charge in [-0.05, 0) is 22.8 Å². The molecule has 1 unspecified atom stereocenters. The highest BCUT2D eigenvalue weighted by atomic mass is 16.5. The minimum atomic E-state index is -0.964. The highest BCUT2D eigenvalue weighted by molar-refractivity contribution is 5.88. The Balaban J connectivity index is 2.37. The van der Waals surface area contributed by atoms with Crippen LogP contribution < -0.4 is 5.32 Å². The molecule has 0 aliphatic rings. The average molecular weight is 315 g/mol. The molecule has 0 aromatic heterocycles. The molecule has 0 bridgehead atoms. The summed E-state index contributed by atoms with van der Waals surface area (Å²) in [6.45, 7) is 1.85. The molecule has 1 amide bonds. The van der Waals surface area contributed by atoms with Crippen molar-refractivity contribution in [3.63, 3.8) is 0 Å². The van der Waals surface area contributed by atoms with Crippen LogP contribution in [0.4, 0.5) is 0 Å². The molecular formula is C18H21NO4. The lowest BCUT2D eigenvalue weighted by atomic mass is 9.96. The number of carbonyl (C=O) groups is 2. The van der Waals surface area contributed by atoms with E-state index in [1.54, 1.807) is 0 Å². The van der Waals surface area contributed by atoms with Crippen molar-refractivity contribution in [2.45, 2.75) is 31.9 Å². The Labute approximate surface area is 135 Å². The zero-order chi connectivity index (χ0) is 16.8. The van der Waals surface area contributed by atoms with Crippen molar-refractivity contribution >= 4 is 22.6 Å². The summed E-state index contributed by atoms with van der Waals surface area (Å²) in [6, 6.07) is 12.8. The van der Waals surface area contributed by atoms with E-state index in [0.29, 0.717) is 6.42 Å². The Kier molecular flexibility index (Phi) is 5.71. The van der Waals surface area contributed by atoms with E-state index in [4.69, 9.17) is 4.74 Å². The van der Waals surface area contributed by atoms with Crippen LogP contribution in [0.3, 0.4) is 0 Å². The largest absolute Gasteiger partial charge is 0.481 e. The van der Waals surface area contributed by atoms with Gasteiger partial charge in [-0.3, -0.25) is 9.59 Å². The molecule has 0 heterocycles. The number of methoxy groups -OCH3 is 1. The standard InChI is InChI=1S/C18H21NO4/c1-3-16(23-2)18(22)19-15(11-17(20)21)14-10-6-8-12-7-4-5-9-13(12)14/h4-10,15-16H,3,11H2,1-2H3,(H,19,22)(H,20,21)/t15-,16?/m1/s1. The van der Waals surface area contributed by atoms with Gasteiger partial charge < -0.3 is 15.2 Å². The molecular weight excluding hydrogens is 294 g/mol. The fraction of sp³-hybridized carbons (Fsp3) is 0.333. The number of ether oxygens (including phenoxy) is 1. The van der Waals surface area contributed by atoms with Gasteiger partial charge in [0.05, 0.1) is 12.5 Å². The van der Waals surface area contributed by atoms with Gasteiger partial charge in [0.1, 0.15) is 6.10 Å². The fourth-order valence-corrected chi connectivity index (χ4v) is 2.69. The van der Waals surface area contributed by atoms with E-state index in [9.17, 15) is 14.7 Å². The fourth-order valence-electron chi connectivity index (χ4n) is 2.69. The molecule has 23 heavy (non-hydrogen) atoms. The first kappa shape index (κ1) is 17.0. The summed E-state index contributed by atoms with van der Waals surface area (Å²) in [6.07, 6.45) is -0.237. The number of fused-ring (bicyclic) bond motifs is 1. The van der Waals surface area contributed by atoms with E-state index >= 15 is 0 Å². The van der Waals surface area contributed by atoms with Gasteiger partial charge in [-0.1, -0.05) is 49.4 Å². The minimum absolute atomic E-state index is 0.181. The molecule has 0 aliphatic heterocycles. The molecule has 5 heteroatoms. The zero-order valence-corrected chi connectivity index (χ0v) is 13.3. The van der Waals surface area contributed by atoms with Gasteiger partial charge in [0.2, 0.25) is 5.91 Å². The molecule has 2 N–H and O–H groups in total. The number of carboxylic acids is 1. The molecule has 2 atom stereocenters. The number of hydrogen-bond acceptors (Lipinski definition) is 3. The van der Waals surface area contributed by atoms with E-state index in [0.717, 1.165) is 16.3 Å². The number of amides is 1. The van der Waals surface area contributed by atoms with E-state index in [1.165, 1.54) is 7.11 Å². The summed E-state index contributed by atoms with van der Waals surface area (Å²) in [5, 5.41) is 14.0. The molecule has 0 saturated heterocycles. The number of rotatable bonds is 7. The van der Waals surface area contributed by atoms with Crippen molar-refractivity contribution in [3.8, 4) is 0 Å². The molecule has 122 valence electrons. The van der Waals surface area contributed by atoms with Crippen LogP contribution in [0.25, 0.3) is 10.8 Å². The van der Waals surface area contributed by atoms with Crippen LogP contribution in [-0.4, -0.2) is 30.2 Å². The normalized spacial score (nSPS) is 13.5. The van der Waals surface area contributed by atoms with Crippen LogP contribution in [0.2, 0.25) is 0 Å². The third kappa shape index (κ3) is 4.07. The first-order chi connectivity index (χ1) is 11.1. The molecule has 5 nitrogen and oxygen atoms in total. The van der Waals surface area contributed by atoms with Crippen molar-refractivity contribution in [1.29, 1.82) is 0 Å². The molecule has 0 saturated carbocycles. The smallest absolute Gasteiger partial charge is 0.305 e. The van der Waals surface area contributed by atoms with Crippen molar-refractivity contribution < 1.29 is 19.4 Å². The highest BCUT2D eigenvalue weighted by Crippen LogP contribution is 2.26. The number of carbonyl (C=O) groups excluding carboxylic acids is 1. The Hall–Kier alpha value is -2.40. The number of nitrogens with one attached hydrogen (secondary N) is 1. The third-order valence-corrected chi connectivity index (χ3v) is 3.84. The lowest BCUT2D eigenvalue weighted by molar-refractivity contribution is -0.138. The number of aliphatic carboxylic acids is 1. The van der Waals surface area contributed by atoms with E-state index in [-0.39, 0.29) is 12.3 Å². The Morgan fingerprint density at radius 1 is 1.17 bits per heavy atom. The first-order valence-electron chi connectivity index (χ1n) is 7.59. The molecule has 0 fully saturated rings. The highest BCUT2D eigenvalue weighted by Gasteiger charge is 2.23. The molecule has 0 spiro atoms. The summed E-state index contributed by atoms with van der Waals surface area (Å²) in [5.41, 5.74) is 0.796. The van der Waals surface area contributed by atoms with Crippen LogP contribution in [0.5, 0.6) is 0 Å². The van der Waals surface area contributed by atoms with Gasteiger partial charge in [-0.2, -0.15) is 0 Å². The molecule has 0 aliphatic carbocycles. The maximum Gasteiger partial charge on any atom is 0.305 e. The maximum atomic E-state index is 12.3. The van der Waals surface area contributed by atoms with Crippen LogP contribution in [0.15, 0.2) is 42.5 Å².